The zero-order valence-electron chi connectivity index (χ0n) is 14.8. The number of ether oxygens (including phenoxy) is 1. The maximum absolute atomic E-state index is 11.7. The first-order chi connectivity index (χ1) is 12.1. The fourth-order valence-electron chi connectivity index (χ4n) is 2.94. The minimum absolute atomic E-state index is 0.220. The second kappa shape index (κ2) is 8.07. The fourth-order valence-corrected chi connectivity index (χ4v) is 2.94. The standard InChI is InChI=1S/C19H24N4O2/c1-15-5-3-7-17(20-15)13-22(9-10-23-11-12-25-19(23)24)14-18-8-4-6-16(2)21-18/h3-8H,9-14H2,1-2H3. The predicted octanol–water partition coefficient (Wildman–Crippen LogP) is 2.55. The van der Waals surface area contributed by atoms with Crippen LogP contribution in [-0.2, 0) is 17.8 Å². The van der Waals surface area contributed by atoms with Crippen LogP contribution in [0.15, 0.2) is 36.4 Å². The molecular formula is C19H24N4O2. The second-order valence-corrected chi connectivity index (χ2v) is 6.35. The van der Waals surface area contributed by atoms with Crippen molar-refractivity contribution in [2.24, 2.45) is 0 Å². The second-order valence-electron chi connectivity index (χ2n) is 6.35. The summed E-state index contributed by atoms with van der Waals surface area (Å²) in [5, 5.41) is 0. The summed E-state index contributed by atoms with van der Waals surface area (Å²) in [7, 11) is 0. The number of carbonyl (C=O) groups excluding carboxylic acids is 1. The summed E-state index contributed by atoms with van der Waals surface area (Å²) < 4.78 is 5.01. The van der Waals surface area contributed by atoms with Crippen LogP contribution in [-0.4, -0.2) is 52.1 Å². The van der Waals surface area contributed by atoms with Crippen molar-refractivity contribution in [3.63, 3.8) is 0 Å². The van der Waals surface area contributed by atoms with Crippen LogP contribution in [0.2, 0.25) is 0 Å². The average molecular weight is 340 g/mol. The van der Waals surface area contributed by atoms with Gasteiger partial charge in [-0.25, -0.2) is 4.79 Å². The summed E-state index contributed by atoms with van der Waals surface area (Å²) in [5.74, 6) is 0. The molecule has 3 heterocycles. The van der Waals surface area contributed by atoms with Gasteiger partial charge < -0.3 is 9.64 Å². The van der Waals surface area contributed by atoms with Crippen LogP contribution in [0.25, 0.3) is 0 Å². The summed E-state index contributed by atoms with van der Waals surface area (Å²) in [4.78, 5) is 24.9. The van der Waals surface area contributed by atoms with E-state index in [-0.39, 0.29) is 6.09 Å². The van der Waals surface area contributed by atoms with E-state index in [1.165, 1.54) is 0 Å². The van der Waals surface area contributed by atoms with Crippen LogP contribution in [0.5, 0.6) is 0 Å². The number of hydrogen-bond donors (Lipinski definition) is 0. The molecule has 0 spiro atoms. The summed E-state index contributed by atoms with van der Waals surface area (Å²) in [6, 6.07) is 12.1. The van der Waals surface area contributed by atoms with E-state index in [2.05, 4.69) is 14.9 Å². The number of aromatic nitrogens is 2. The maximum Gasteiger partial charge on any atom is 0.409 e. The van der Waals surface area contributed by atoms with Gasteiger partial charge in [-0.2, -0.15) is 0 Å². The molecule has 2 aromatic heterocycles. The van der Waals surface area contributed by atoms with Gasteiger partial charge in [-0.15, -0.1) is 0 Å². The normalized spacial score (nSPS) is 14.2. The summed E-state index contributed by atoms with van der Waals surface area (Å²) in [6.07, 6.45) is -0.220. The number of amides is 1. The monoisotopic (exact) mass is 340 g/mol. The first-order valence-corrected chi connectivity index (χ1v) is 8.59. The Balaban J connectivity index is 1.69. The zero-order valence-corrected chi connectivity index (χ0v) is 14.8. The van der Waals surface area contributed by atoms with E-state index < -0.39 is 0 Å². The number of aryl methyl sites for hydroxylation is 2. The van der Waals surface area contributed by atoms with Crippen molar-refractivity contribution in [3.05, 3.63) is 59.2 Å². The van der Waals surface area contributed by atoms with Crippen molar-refractivity contribution in [3.8, 4) is 0 Å². The van der Waals surface area contributed by atoms with Gasteiger partial charge in [-0.3, -0.25) is 14.9 Å². The van der Waals surface area contributed by atoms with Gasteiger partial charge in [0.25, 0.3) is 0 Å². The first kappa shape index (κ1) is 17.4. The summed E-state index contributed by atoms with van der Waals surface area (Å²) in [6.45, 7) is 7.99. The topological polar surface area (TPSA) is 58.6 Å². The Morgan fingerprint density at radius 2 is 1.64 bits per heavy atom. The molecule has 2 aromatic rings. The molecule has 0 atom stereocenters. The van der Waals surface area contributed by atoms with Crippen molar-refractivity contribution in [2.75, 3.05) is 26.2 Å². The van der Waals surface area contributed by atoms with Gasteiger partial charge in [-0.1, -0.05) is 12.1 Å². The number of carbonyl (C=O) groups is 1. The Bertz CT molecular complexity index is 687. The number of hydrogen-bond acceptors (Lipinski definition) is 5. The largest absolute Gasteiger partial charge is 0.448 e. The molecule has 0 bridgehead atoms. The van der Waals surface area contributed by atoms with Gasteiger partial charge >= 0.3 is 6.09 Å². The van der Waals surface area contributed by atoms with Crippen molar-refractivity contribution in [2.45, 2.75) is 26.9 Å². The minimum Gasteiger partial charge on any atom is -0.448 e. The molecule has 6 nitrogen and oxygen atoms in total. The van der Waals surface area contributed by atoms with E-state index in [9.17, 15) is 4.79 Å². The molecule has 6 heteroatoms. The Kier molecular flexibility index (Phi) is 5.60. The van der Waals surface area contributed by atoms with Crippen LogP contribution in [0.3, 0.4) is 0 Å². The smallest absolute Gasteiger partial charge is 0.409 e. The van der Waals surface area contributed by atoms with E-state index in [0.717, 1.165) is 42.4 Å². The molecule has 0 aliphatic carbocycles. The number of pyridine rings is 2. The van der Waals surface area contributed by atoms with E-state index in [4.69, 9.17) is 4.74 Å². The molecule has 0 unspecified atom stereocenters. The Morgan fingerprint density at radius 1 is 1.04 bits per heavy atom. The molecule has 25 heavy (non-hydrogen) atoms. The fraction of sp³-hybridized carbons (Fsp3) is 0.421. The highest BCUT2D eigenvalue weighted by atomic mass is 16.6. The van der Waals surface area contributed by atoms with E-state index in [1.54, 1.807) is 4.90 Å². The quantitative estimate of drug-likeness (QED) is 0.775. The Morgan fingerprint density at radius 3 is 2.12 bits per heavy atom. The molecule has 1 fully saturated rings. The minimum atomic E-state index is -0.220. The SMILES string of the molecule is Cc1cccc(CN(CCN2CCOC2=O)Cc2cccc(C)n2)n1. The summed E-state index contributed by atoms with van der Waals surface area (Å²) in [5.41, 5.74) is 4.07. The third kappa shape index (κ3) is 5.00. The lowest BCUT2D eigenvalue weighted by Gasteiger charge is -2.24. The first-order valence-electron chi connectivity index (χ1n) is 8.59. The van der Waals surface area contributed by atoms with Crippen LogP contribution in [0, 0.1) is 13.8 Å². The number of nitrogens with zero attached hydrogens (tertiary/aromatic N) is 4. The van der Waals surface area contributed by atoms with E-state index in [1.807, 2.05) is 50.2 Å². The molecule has 0 saturated carbocycles. The predicted molar refractivity (Wildman–Crippen MR) is 95.0 cm³/mol. The molecule has 1 saturated heterocycles. The molecule has 0 N–H and O–H groups in total. The number of rotatable bonds is 7. The Labute approximate surface area is 148 Å². The van der Waals surface area contributed by atoms with Crippen molar-refractivity contribution in [1.29, 1.82) is 0 Å². The summed E-state index contributed by atoms with van der Waals surface area (Å²) >= 11 is 0. The van der Waals surface area contributed by atoms with E-state index >= 15 is 0 Å². The van der Waals surface area contributed by atoms with Crippen LogP contribution in [0.4, 0.5) is 4.79 Å². The highest BCUT2D eigenvalue weighted by Gasteiger charge is 2.22. The zero-order chi connectivity index (χ0) is 17.6. The molecule has 1 amide bonds. The van der Waals surface area contributed by atoms with Crippen LogP contribution in [0.1, 0.15) is 22.8 Å². The third-order valence-corrected chi connectivity index (χ3v) is 4.19. The Hall–Kier alpha value is -2.47. The lowest BCUT2D eigenvalue weighted by molar-refractivity contribution is 0.151. The number of cyclic esters (lactones) is 1. The van der Waals surface area contributed by atoms with Gasteiger partial charge in [0.05, 0.1) is 17.9 Å². The molecule has 0 aromatic carbocycles. The molecule has 1 aliphatic heterocycles. The molecular weight excluding hydrogens is 316 g/mol. The highest BCUT2D eigenvalue weighted by Crippen LogP contribution is 2.10. The van der Waals surface area contributed by atoms with E-state index in [0.29, 0.717) is 19.7 Å². The average Bonchev–Trinajstić information content (AvgIpc) is 2.98. The molecule has 0 radical (unpaired) electrons. The molecule has 3 rings (SSSR count). The lowest BCUT2D eigenvalue weighted by atomic mass is 10.2. The van der Waals surface area contributed by atoms with Gasteiger partial charge in [0, 0.05) is 37.6 Å². The maximum atomic E-state index is 11.7. The van der Waals surface area contributed by atoms with Crippen LogP contribution < -0.4 is 0 Å². The van der Waals surface area contributed by atoms with Gasteiger partial charge in [0.1, 0.15) is 6.61 Å². The molecule has 1 aliphatic rings. The van der Waals surface area contributed by atoms with Crippen molar-refractivity contribution < 1.29 is 9.53 Å². The highest BCUT2D eigenvalue weighted by molar-refractivity contribution is 5.69. The van der Waals surface area contributed by atoms with Gasteiger partial charge in [-0.05, 0) is 38.1 Å². The third-order valence-electron chi connectivity index (χ3n) is 4.19. The van der Waals surface area contributed by atoms with Crippen molar-refractivity contribution in [1.82, 2.24) is 19.8 Å². The molecule has 132 valence electrons. The van der Waals surface area contributed by atoms with Gasteiger partial charge in [0.15, 0.2) is 0 Å². The van der Waals surface area contributed by atoms with Crippen molar-refractivity contribution >= 4 is 6.09 Å². The van der Waals surface area contributed by atoms with Gasteiger partial charge in [0.2, 0.25) is 0 Å². The lowest BCUT2D eigenvalue weighted by Crippen LogP contribution is -2.35. The van der Waals surface area contributed by atoms with Crippen LogP contribution >= 0.6 is 0 Å².